The smallest absolute Gasteiger partial charge is 0.0361 e. The van der Waals surface area contributed by atoms with Gasteiger partial charge in [0.15, 0.2) is 0 Å². The van der Waals surface area contributed by atoms with E-state index >= 15 is 0 Å². The molecule has 0 radical (unpaired) electrons. The van der Waals surface area contributed by atoms with E-state index in [9.17, 15) is 0 Å². The van der Waals surface area contributed by atoms with Crippen LogP contribution in [-0.4, -0.2) is 56.4 Å². The highest BCUT2D eigenvalue weighted by atomic mass is 31.1. The average Bonchev–Trinajstić information content (AvgIpc) is 3.25. The Labute approximate surface area is 360 Å². The lowest BCUT2D eigenvalue weighted by Gasteiger charge is -2.31. The summed E-state index contributed by atoms with van der Waals surface area (Å²) in [5.41, 5.74) is 10.1. The first-order valence-electron chi connectivity index (χ1n) is 20.7. The monoisotopic (exact) mass is 822 g/mol. The number of hydrogen-bond donors (Lipinski definition) is 0. The van der Waals surface area contributed by atoms with Gasteiger partial charge < -0.3 is 19.6 Å². The van der Waals surface area contributed by atoms with Crippen LogP contribution >= 0.6 is 15.8 Å². The summed E-state index contributed by atoms with van der Waals surface area (Å²) in [7, 11) is 14.9. The molecule has 0 aliphatic rings. The lowest BCUT2D eigenvalue weighted by Crippen LogP contribution is -2.29. The number of hydrogen-bond acceptors (Lipinski definition) is 4. The van der Waals surface area contributed by atoms with Gasteiger partial charge >= 0.3 is 0 Å². The van der Waals surface area contributed by atoms with Crippen LogP contribution in [0.2, 0.25) is 0 Å². The van der Waals surface area contributed by atoms with Crippen LogP contribution in [0.5, 0.6) is 0 Å². The number of rotatable bonds is 11. The predicted molar refractivity (Wildman–Crippen MR) is 271 cm³/mol. The maximum atomic E-state index is 2.44. The topological polar surface area (TPSA) is 13.0 Å². The van der Waals surface area contributed by atoms with Gasteiger partial charge in [0.2, 0.25) is 0 Å². The fourth-order valence-corrected chi connectivity index (χ4v) is 13.6. The molecule has 0 aliphatic heterocycles. The van der Waals surface area contributed by atoms with Crippen LogP contribution in [0, 0.1) is 13.8 Å². The maximum Gasteiger partial charge on any atom is 0.0361 e. The lowest BCUT2D eigenvalue weighted by atomic mass is 9.91. The third kappa shape index (κ3) is 7.88. The Balaban J connectivity index is 1.53. The van der Waals surface area contributed by atoms with Crippen molar-refractivity contribution in [3.63, 3.8) is 0 Å². The van der Waals surface area contributed by atoms with Gasteiger partial charge in [0.05, 0.1) is 0 Å². The minimum Gasteiger partial charge on any atom is -0.378 e. The minimum absolute atomic E-state index is 1.02. The molecule has 4 nitrogen and oxygen atoms in total. The molecule has 8 rings (SSSR count). The number of benzene rings is 8. The summed E-state index contributed by atoms with van der Waals surface area (Å²) in [5.74, 6) is 0. The summed E-state index contributed by atoms with van der Waals surface area (Å²) >= 11 is 0. The van der Waals surface area contributed by atoms with Crippen molar-refractivity contribution in [2.45, 2.75) is 13.8 Å². The third-order valence-corrected chi connectivity index (χ3v) is 16.9. The van der Waals surface area contributed by atoms with E-state index < -0.39 is 15.8 Å². The Bertz CT molecular complexity index is 2480. The first-order chi connectivity index (χ1) is 28.9. The average molecular weight is 823 g/mol. The molecular weight excluding hydrogens is 767 g/mol. The van der Waals surface area contributed by atoms with Crippen LogP contribution in [0.3, 0.4) is 0 Å². The molecule has 0 spiro atoms. The molecule has 0 N–H and O–H groups in total. The molecule has 8 aromatic carbocycles. The van der Waals surface area contributed by atoms with Crippen molar-refractivity contribution in [3.05, 3.63) is 169 Å². The quantitative estimate of drug-likeness (QED) is 0.121. The van der Waals surface area contributed by atoms with Gasteiger partial charge in [-0.1, -0.05) is 109 Å². The highest BCUT2D eigenvalue weighted by molar-refractivity contribution is 7.81. The summed E-state index contributed by atoms with van der Waals surface area (Å²) in [6, 6.07) is 60.4. The summed E-state index contributed by atoms with van der Waals surface area (Å²) < 4.78 is 0. The zero-order chi connectivity index (χ0) is 42.2. The number of aryl methyl sites for hydroxylation is 2. The van der Waals surface area contributed by atoms with Crippen molar-refractivity contribution in [1.29, 1.82) is 0 Å². The zero-order valence-corrected chi connectivity index (χ0v) is 38.5. The highest BCUT2D eigenvalue weighted by Crippen LogP contribution is 2.48. The van der Waals surface area contributed by atoms with Crippen molar-refractivity contribution < 1.29 is 0 Å². The van der Waals surface area contributed by atoms with E-state index in [0.717, 1.165) is 0 Å². The van der Waals surface area contributed by atoms with Gasteiger partial charge in [-0.05, 0) is 154 Å². The van der Waals surface area contributed by atoms with E-state index in [1.54, 1.807) is 0 Å². The molecule has 0 saturated carbocycles. The second kappa shape index (κ2) is 17.1. The molecule has 0 aromatic heterocycles. The van der Waals surface area contributed by atoms with Crippen LogP contribution < -0.4 is 51.4 Å². The summed E-state index contributed by atoms with van der Waals surface area (Å²) in [6.07, 6.45) is 0. The summed E-state index contributed by atoms with van der Waals surface area (Å²) in [5, 5.41) is 13.3. The van der Waals surface area contributed by atoms with Crippen LogP contribution in [-0.2, 0) is 0 Å². The van der Waals surface area contributed by atoms with Gasteiger partial charge in [-0.2, -0.15) is 0 Å². The molecule has 0 fully saturated rings. The fraction of sp³-hybridized carbons (Fsp3) is 0.185. The molecule has 0 bridgehead atoms. The molecule has 0 saturated heterocycles. The molecule has 0 atom stereocenters. The van der Waals surface area contributed by atoms with E-state index in [1.807, 2.05) is 0 Å². The molecule has 0 unspecified atom stereocenters. The molecular formula is C54H56N4P2. The fourth-order valence-electron chi connectivity index (χ4n) is 8.45. The molecule has 0 aliphatic carbocycles. The predicted octanol–water partition coefficient (Wildman–Crippen LogP) is 10.1. The van der Waals surface area contributed by atoms with E-state index in [4.69, 9.17) is 0 Å². The molecule has 0 amide bonds. The van der Waals surface area contributed by atoms with E-state index in [0.29, 0.717) is 0 Å². The first kappa shape index (κ1) is 41.1. The van der Waals surface area contributed by atoms with Crippen molar-refractivity contribution in [1.82, 2.24) is 0 Å². The number of nitrogens with zero attached hydrogens (tertiary/aromatic N) is 4. The van der Waals surface area contributed by atoms with E-state index in [1.165, 1.54) is 98.4 Å². The summed E-state index contributed by atoms with van der Waals surface area (Å²) in [4.78, 5) is 8.75. The van der Waals surface area contributed by atoms with Crippen molar-refractivity contribution in [2.75, 3.05) is 76.0 Å². The Morgan fingerprint density at radius 2 is 0.567 bits per heavy atom. The van der Waals surface area contributed by atoms with Crippen LogP contribution in [0.15, 0.2) is 158 Å². The second-order valence-electron chi connectivity index (χ2n) is 16.6. The Hall–Kier alpha value is -5.66. The van der Waals surface area contributed by atoms with Crippen molar-refractivity contribution >= 4 is 92.0 Å². The zero-order valence-electron chi connectivity index (χ0n) is 36.7. The maximum absolute atomic E-state index is 2.44. The Morgan fingerprint density at radius 3 is 0.817 bits per heavy atom. The van der Waals surface area contributed by atoms with E-state index in [-0.39, 0.29) is 0 Å². The third-order valence-electron chi connectivity index (χ3n) is 11.6. The van der Waals surface area contributed by atoms with Crippen molar-refractivity contribution in [2.24, 2.45) is 0 Å². The van der Waals surface area contributed by atoms with Gasteiger partial charge in [-0.3, -0.25) is 0 Å². The number of anilines is 4. The van der Waals surface area contributed by atoms with Crippen LogP contribution in [0.1, 0.15) is 11.1 Å². The standard InChI is InChI=1S/C54H56N4P2/c1-37-35-39-15-11-13-17-49(39)51(53(37)59(45-27-19-41(20-28-45)55(3)4)46-29-21-42(22-30-46)56(5)6)52-50-18-14-12-16-40(50)36-38(2)54(52)60(47-31-23-43(24-32-47)57(7)8)48-33-25-44(26-34-48)58(9)10/h11-36H,1-10H3. The van der Waals surface area contributed by atoms with Gasteiger partial charge in [0, 0.05) is 79.1 Å². The van der Waals surface area contributed by atoms with Gasteiger partial charge in [-0.25, -0.2) is 0 Å². The highest BCUT2D eigenvalue weighted by Gasteiger charge is 2.31. The first-order valence-corrected chi connectivity index (χ1v) is 23.3. The van der Waals surface area contributed by atoms with Crippen LogP contribution in [0.4, 0.5) is 22.7 Å². The van der Waals surface area contributed by atoms with Crippen LogP contribution in [0.25, 0.3) is 32.7 Å². The molecule has 6 heteroatoms. The SMILES string of the molecule is Cc1cc2ccccc2c(-c2c(P(c3ccc(N(C)C)cc3)c3ccc(N(C)C)cc3)c(C)cc3ccccc23)c1P(c1ccc(N(C)C)cc1)c1ccc(N(C)C)cc1. The minimum atomic E-state index is -1.02. The number of fused-ring (bicyclic) bond motifs is 2. The molecule has 60 heavy (non-hydrogen) atoms. The molecule has 8 aromatic rings. The second-order valence-corrected chi connectivity index (χ2v) is 20.9. The van der Waals surface area contributed by atoms with Gasteiger partial charge in [-0.15, -0.1) is 0 Å². The van der Waals surface area contributed by atoms with Gasteiger partial charge in [0.1, 0.15) is 0 Å². The van der Waals surface area contributed by atoms with E-state index in [2.05, 4.69) is 248 Å². The lowest BCUT2D eigenvalue weighted by molar-refractivity contribution is 1.13. The Kier molecular flexibility index (Phi) is 11.7. The van der Waals surface area contributed by atoms with Gasteiger partial charge in [0.25, 0.3) is 0 Å². The summed E-state index contributed by atoms with van der Waals surface area (Å²) in [6.45, 7) is 4.70. The molecule has 0 heterocycles. The normalized spacial score (nSPS) is 11.5. The van der Waals surface area contributed by atoms with Crippen molar-refractivity contribution in [3.8, 4) is 11.1 Å². The largest absolute Gasteiger partial charge is 0.378 e. The Morgan fingerprint density at radius 1 is 0.317 bits per heavy atom. The molecule has 302 valence electrons.